The quantitative estimate of drug-likeness (QED) is 0.231. The molecule has 0 atom stereocenters. The standard InChI is InChI=1S/C24H23F2N9O2/c1-2-27-24(37)31-22-12-20(29-18-10-15(25)9-16(26)11-18)19(13-28-22)23(36)30-17-6-3-14(4-7-17)5-8-21-32-34-35-33-21/h3-4,6-7,9-13H,2,5,8H2,1H3,(H,30,36)(H,32,33,34,35)(H3,27,28,29,31,37). The van der Waals surface area contributed by atoms with E-state index in [1.54, 1.807) is 19.1 Å². The fourth-order valence-electron chi connectivity index (χ4n) is 3.41. The minimum atomic E-state index is -0.789. The smallest absolute Gasteiger partial charge is 0.320 e. The van der Waals surface area contributed by atoms with Crippen LogP contribution < -0.4 is 21.3 Å². The first-order valence-electron chi connectivity index (χ1n) is 11.3. The number of carbonyl (C=O) groups excluding carboxylic acids is 2. The highest BCUT2D eigenvalue weighted by Gasteiger charge is 2.16. The van der Waals surface area contributed by atoms with Crippen molar-refractivity contribution in [3.05, 3.63) is 83.3 Å². The van der Waals surface area contributed by atoms with Gasteiger partial charge in [-0.15, -0.1) is 5.10 Å². The van der Waals surface area contributed by atoms with E-state index in [0.29, 0.717) is 30.9 Å². The summed E-state index contributed by atoms with van der Waals surface area (Å²) in [5, 5.41) is 24.4. The Kier molecular flexibility index (Phi) is 7.93. The van der Waals surface area contributed by atoms with Crippen molar-refractivity contribution in [2.24, 2.45) is 0 Å². The summed E-state index contributed by atoms with van der Waals surface area (Å²) in [5.41, 5.74) is 1.90. The molecule has 0 fully saturated rings. The number of urea groups is 1. The molecule has 0 aliphatic rings. The van der Waals surface area contributed by atoms with Crippen molar-refractivity contribution >= 4 is 34.8 Å². The molecule has 13 heteroatoms. The SMILES string of the molecule is CCNC(=O)Nc1cc(Nc2cc(F)cc(F)c2)c(C(=O)Nc2ccc(CCc3nnn[nH]3)cc2)cn1. The molecule has 0 unspecified atom stereocenters. The first kappa shape index (κ1) is 25.2. The van der Waals surface area contributed by atoms with E-state index in [0.717, 1.165) is 23.8 Å². The number of hydrogen-bond donors (Lipinski definition) is 5. The third-order valence-corrected chi connectivity index (χ3v) is 5.12. The monoisotopic (exact) mass is 507 g/mol. The molecule has 0 spiro atoms. The number of aromatic amines is 1. The average molecular weight is 508 g/mol. The first-order chi connectivity index (χ1) is 17.9. The van der Waals surface area contributed by atoms with E-state index in [9.17, 15) is 18.4 Å². The maximum atomic E-state index is 13.7. The summed E-state index contributed by atoms with van der Waals surface area (Å²) in [6.45, 7) is 2.16. The summed E-state index contributed by atoms with van der Waals surface area (Å²) in [5.74, 6) is -1.29. The minimum absolute atomic E-state index is 0.0769. The summed E-state index contributed by atoms with van der Waals surface area (Å²) in [7, 11) is 0. The van der Waals surface area contributed by atoms with E-state index in [1.165, 1.54) is 12.3 Å². The molecule has 2 heterocycles. The first-order valence-corrected chi connectivity index (χ1v) is 11.3. The highest BCUT2D eigenvalue weighted by atomic mass is 19.1. The van der Waals surface area contributed by atoms with Crippen molar-refractivity contribution in [3.8, 4) is 0 Å². The van der Waals surface area contributed by atoms with Crippen LogP contribution in [0.5, 0.6) is 0 Å². The van der Waals surface area contributed by atoms with Crippen LogP contribution in [-0.4, -0.2) is 44.1 Å². The molecule has 0 aliphatic heterocycles. The lowest BCUT2D eigenvalue weighted by atomic mass is 10.1. The van der Waals surface area contributed by atoms with Crippen LogP contribution in [0.15, 0.2) is 54.7 Å². The van der Waals surface area contributed by atoms with Gasteiger partial charge in [-0.2, -0.15) is 0 Å². The second-order valence-corrected chi connectivity index (χ2v) is 7.88. The molecule has 0 radical (unpaired) electrons. The van der Waals surface area contributed by atoms with Crippen molar-refractivity contribution in [2.75, 3.05) is 22.5 Å². The van der Waals surface area contributed by atoms with Crippen LogP contribution >= 0.6 is 0 Å². The van der Waals surface area contributed by atoms with Crippen LogP contribution in [0.25, 0.3) is 0 Å². The van der Waals surface area contributed by atoms with Gasteiger partial charge in [0.15, 0.2) is 0 Å². The summed E-state index contributed by atoms with van der Waals surface area (Å²) < 4.78 is 27.5. The van der Waals surface area contributed by atoms with Gasteiger partial charge in [-0.25, -0.2) is 23.7 Å². The Hall–Kier alpha value is -4.94. The molecule has 190 valence electrons. The summed E-state index contributed by atoms with van der Waals surface area (Å²) in [4.78, 5) is 29.1. The van der Waals surface area contributed by atoms with Gasteiger partial charge in [-0.1, -0.05) is 12.1 Å². The molecule has 3 amide bonds. The normalized spacial score (nSPS) is 10.6. The van der Waals surface area contributed by atoms with Gasteiger partial charge in [0, 0.05) is 42.7 Å². The Morgan fingerprint density at radius 1 is 0.946 bits per heavy atom. The summed E-state index contributed by atoms with van der Waals surface area (Å²) in [6.07, 6.45) is 2.60. The number of benzene rings is 2. The Balaban J connectivity index is 1.52. The van der Waals surface area contributed by atoms with Gasteiger partial charge >= 0.3 is 6.03 Å². The number of nitrogens with one attached hydrogen (secondary N) is 5. The van der Waals surface area contributed by atoms with Crippen LogP contribution in [0, 0.1) is 11.6 Å². The molecule has 4 aromatic rings. The van der Waals surface area contributed by atoms with Gasteiger partial charge in [-0.3, -0.25) is 10.1 Å². The topological polar surface area (TPSA) is 150 Å². The number of halogens is 2. The van der Waals surface area contributed by atoms with Crippen molar-refractivity contribution in [1.82, 2.24) is 30.9 Å². The number of aryl methyl sites for hydroxylation is 2. The van der Waals surface area contributed by atoms with Gasteiger partial charge in [0.05, 0.1) is 11.3 Å². The van der Waals surface area contributed by atoms with Crippen LogP contribution in [0.4, 0.5) is 36.5 Å². The molecule has 2 aromatic heterocycles. The molecule has 37 heavy (non-hydrogen) atoms. The van der Waals surface area contributed by atoms with E-state index < -0.39 is 23.6 Å². The largest absolute Gasteiger partial charge is 0.355 e. The number of anilines is 4. The number of nitrogens with zero attached hydrogens (tertiary/aromatic N) is 4. The predicted octanol–water partition coefficient (Wildman–Crippen LogP) is 3.80. The number of carbonyl (C=O) groups is 2. The Morgan fingerprint density at radius 3 is 2.38 bits per heavy atom. The van der Waals surface area contributed by atoms with Crippen LogP contribution in [-0.2, 0) is 12.8 Å². The third kappa shape index (κ3) is 7.04. The molecule has 0 saturated heterocycles. The number of pyridine rings is 1. The van der Waals surface area contributed by atoms with Crippen LogP contribution in [0.2, 0.25) is 0 Å². The molecule has 4 rings (SSSR count). The van der Waals surface area contributed by atoms with Crippen molar-refractivity contribution in [2.45, 2.75) is 19.8 Å². The number of tetrazole rings is 1. The molecule has 0 bridgehead atoms. The Bertz CT molecular complexity index is 1360. The lowest BCUT2D eigenvalue weighted by molar-refractivity contribution is 0.102. The summed E-state index contributed by atoms with van der Waals surface area (Å²) >= 11 is 0. The van der Waals surface area contributed by atoms with Gasteiger partial charge < -0.3 is 16.0 Å². The number of H-pyrrole nitrogens is 1. The Labute approximate surface area is 210 Å². The molecule has 0 aliphatic carbocycles. The van der Waals surface area contributed by atoms with Gasteiger partial charge in [0.1, 0.15) is 23.3 Å². The molecular weight excluding hydrogens is 484 g/mol. The third-order valence-electron chi connectivity index (χ3n) is 5.12. The molecular formula is C24H23F2N9O2. The van der Waals surface area contributed by atoms with E-state index in [-0.39, 0.29) is 22.8 Å². The Morgan fingerprint density at radius 2 is 1.70 bits per heavy atom. The molecule has 2 aromatic carbocycles. The van der Waals surface area contributed by atoms with Crippen LogP contribution in [0.3, 0.4) is 0 Å². The van der Waals surface area contributed by atoms with Gasteiger partial charge in [0.25, 0.3) is 5.91 Å². The highest BCUT2D eigenvalue weighted by molar-refractivity contribution is 6.08. The lowest BCUT2D eigenvalue weighted by Crippen LogP contribution is -2.28. The number of rotatable bonds is 9. The van der Waals surface area contributed by atoms with Crippen molar-refractivity contribution < 1.29 is 18.4 Å². The van der Waals surface area contributed by atoms with Crippen molar-refractivity contribution in [3.63, 3.8) is 0 Å². The maximum Gasteiger partial charge on any atom is 0.320 e. The van der Waals surface area contributed by atoms with E-state index >= 15 is 0 Å². The average Bonchev–Trinajstić information content (AvgIpc) is 3.37. The minimum Gasteiger partial charge on any atom is -0.355 e. The zero-order chi connectivity index (χ0) is 26.2. The van der Waals surface area contributed by atoms with Gasteiger partial charge in [0.2, 0.25) is 0 Å². The number of amides is 3. The fraction of sp³-hybridized carbons (Fsp3) is 0.167. The molecule has 5 N–H and O–H groups in total. The lowest BCUT2D eigenvalue weighted by Gasteiger charge is -2.14. The van der Waals surface area contributed by atoms with Gasteiger partial charge in [-0.05, 0) is 53.6 Å². The summed E-state index contributed by atoms with van der Waals surface area (Å²) in [6, 6.07) is 11.0. The van der Waals surface area contributed by atoms with E-state index in [2.05, 4.69) is 46.9 Å². The zero-order valence-electron chi connectivity index (χ0n) is 19.7. The second-order valence-electron chi connectivity index (χ2n) is 7.88. The maximum absolute atomic E-state index is 13.7. The highest BCUT2D eigenvalue weighted by Crippen LogP contribution is 2.26. The molecule has 11 nitrogen and oxygen atoms in total. The van der Waals surface area contributed by atoms with E-state index in [4.69, 9.17) is 0 Å². The van der Waals surface area contributed by atoms with Crippen molar-refractivity contribution in [1.29, 1.82) is 0 Å². The van der Waals surface area contributed by atoms with Crippen LogP contribution in [0.1, 0.15) is 28.7 Å². The number of hydrogen-bond acceptors (Lipinski definition) is 7. The van der Waals surface area contributed by atoms with E-state index in [1.807, 2.05) is 12.1 Å². The second kappa shape index (κ2) is 11.7. The molecule has 0 saturated carbocycles. The number of aromatic nitrogens is 5. The fourth-order valence-corrected chi connectivity index (χ4v) is 3.41. The zero-order valence-corrected chi connectivity index (χ0v) is 19.7. The predicted molar refractivity (Wildman–Crippen MR) is 133 cm³/mol.